The Bertz CT molecular complexity index is 338. The first-order valence-electron chi connectivity index (χ1n) is 7.75. The molecule has 0 bridgehead atoms. The summed E-state index contributed by atoms with van der Waals surface area (Å²) in [6.07, 6.45) is 6.56. The van der Waals surface area contributed by atoms with E-state index in [4.69, 9.17) is 4.74 Å². The third kappa shape index (κ3) is 5.65. The van der Waals surface area contributed by atoms with Gasteiger partial charge in [0.2, 0.25) is 0 Å². The Balaban J connectivity index is 1.48. The van der Waals surface area contributed by atoms with Gasteiger partial charge in [-0.1, -0.05) is 25.1 Å². The van der Waals surface area contributed by atoms with Crippen LogP contribution in [0.4, 0.5) is 0 Å². The molecule has 1 saturated heterocycles. The summed E-state index contributed by atoms with van der Waals surface area (Å²) in [5.74, 6) is 1.89. The number of likely N-dealkylation sites (tertiary alicyclic amines) is 1. The van der Waals surface area contributed by atoms with E-state index in [1.807, 2.05) is 30.3 Å². The largest absolute Gasteiger partial charge is 0.494 e. The molecule has 0 spiro atoms. The number of para-hydroxylation sites is 1. The minimum atomic E-state index is 0.848. The van der Waals surface area contributed by atoms with E-state index in [0.29, 0.717) is 0 Å². The molecule has 0 saturated carbocycles. The Morgan fingerprint density at radius 1 is 1.16 bits per heavy atom. The van der Waals surface area contributed by atoms with Crippen molar-refractivity contribution in [3.05, 3.63) is 30.3 Å². The standard InChI is InChI=1S/C17H27NO/c1-16-9-8-13-18(15-16)12-6-3-7-14-19-17-10-4-2-5-11-17/h2,4-5,10-11,16H,3,6-9,12-15H2,1H3. The highest BCUT2D eigenvalue weighted by Gasteiger charge is 2.15. The SMILES string of the molecule is CC1CCCN(CCCCCOc2ccccc2)C1. The Morgan fingerprint density at radius 2 is 2.00 bits per heavy atom. The van der Waals surface area contributed by atoms with E-state index < -0.39 is 0 Å². The molecule has 1 aliphatic rings. The second-order valence-electron chi connectivity index (χ2n) is 5.77. The fourth-order valence-corrected chi connectivity index (χ4v) is 2.81. The fraction of sp³-hybridized carbons (Fsp3) is 0.647. The van der Waals surface area contributed by atoms with Crippen LogP contribution < -0.4 is 4.74 Å². The van der Waals surface area contributed by atoms with E-state index in [9.17, 15) is 0 Å². The van der Waals surface area contributed by atoms with E-state index >= 15 is 0 Å². The van der Waals surface area contributed by atoms with Gasteiger partial charge in [-0.15, -0.1) is 0 Å². The zero-order chi connectivity index (χ0) is 13.3. The van der Waals surface area contributed by atoms with Gasteiger partial charge < -0.3 is 9.64 Å². The molecule has 0 radical (unpaired) electrons. The van der Waals surface area contributed by atoms with E-state index in [-0.39, 0.29) is 0 Å². The Labute approximate surface area is 117 Å². The predicted octanol–water partition coefficient (Wildman–Crippen LogP) is 3.97. The molecule has 1 aliphatic heterocycles. The van der Waals surface area contributed by atoms with Gasteiger partial charge in [0.25, 0.3) is 0 Å². The molecule has 2 rings (SSSR count). The van der Waals surface area contributed by atoms with Crippen molar-refractivity contribution in [3.8, 4) is 5.75 Å². The molecule has 1 fully saturated rings. The van der Waals surface area contributed by atoms with Crippen LogP contribution in [0.5, 0.6) is 5.75 Å². The summed E-state index contributed by atoms with van der Waals surface area (Å²) in [7, 11) is 0. The summed E-state index contributed by atoms with van der Waals surface area (Å²) in [5, 5.41) is 0. The van der Waals surface area contributed by atoms with Gasteiger partial charge in [-0.05, 0) is 63.2 Å². The van der Waals surface area contributed by atoms with Crippen molar-refractivity contribution in [2.24, 2.45) is 5.92 Å². The minimum absolute atomic E-state index is 0.848. The van der Waals surface area contributed by atoms with Crippen LogP contribution in [-0.2, 0) is 0 Å². The molecule has 2 nitrogen and oxygen atoms in total. The normalized spacial score (nSPS) is 20.4. The number of nitrogens with zero attached hydrogens (tertiary/aromatic N) is 1. The maximum Gasteiger partial charge on any atom is 0.119 e. The Hall–Kier alpha value is -1.02. The van der Waals surface area contributed by atoms with Crippen molar-refractivity contribution in [1.29, 1.82) is 0 Å². The van der Waals surface area contributed by atoms with Gasteiger partial charge in [0.1, 0.15) is 5.75 Å². The number of hydrogen-bond donors (Lipinski definition) is 0. The number of hydrogen-bond acceptors (Lipinski definition) is 2. The molecule has 19 heavy (non-hydrogen) atoms. The van der Waals surface area contributed by atoms with Gasteiger partial charge in [0, 0.05) is 6.54 Å². The predicted molar refractivity (Wildman–Crippen MR) is 80.6 cm³/mol. The molecule has 1 atom stereocenters. The molecule has 0 amide bonds. The van der Waals surface area contributed by atoms with E-state index in [0.717, 1.165) is 24.7 Å². The van der Waals surface area contributed by atoms with Crippen molar-refractivity contribution >= 4 is 0 Å². The minimum Gasteiger partial charge on any atom is -0.494 e. The maximum atomic E-state index is 5.70. The van der Waals surface area contributed by atoms with Crippen LogP contribution in [0.2, 0.25) is 0 Å². The highest BCUT2D eigenvalue weighted by atomic mass is 16.5. The van der Waals surface area contributed by atoms with Crippen molar-refractivity contribution < 1.29 is 4.74 Å². The van der Waals surface area contributed by atoms with Crippen molar-refractivity contribution in [2.45, 2.75) is 39.0 Å². The van der Waals surface area contributed by atoms with Crippen LogP contribution in [-0.4, -0.2) is 31.1 Å². The molecule has 0 aliphatic carbocycles. The molecule has 2 heteroatoms. The molecule has 1 aromatic carbocycles. The molecule has 106 valence electrons. The van der Waals surface area contributed by atoms with Crippen molar-refractivity contribution in [2.75, 3.05) is 26.2 Å². The number of rotatable bonds is 7. The number of benzene rings is 1. The van der Waals surface area contributed by atoms with E-state index in [2.05, 4.69) is 11.8 Å². The van der Waals surface area contributed by atoms with Gasteiger partial charge >= 0.3 is 0 Å². The van der Waals surface area contributed by atoms with Crippen LogP contribution >= 0.6 is 0 Å². The summed E-state index contributed by atoms with van der Waals surface area (Å²) in [6, 6.07) is 10.1. The molecule has 0 N–H and O–H groups in total. The topological polar surface area (TPSA) is 12.5 Å². The first kappa shape index (κ1) is 14.4. The molecule has 0 aromatic heterocycles. The second kappa shape index (κ2) is 8.21. The van der Waals surface area contributed by atoms with Gasteiger partial charge in [0.05, 0.1) is 6.61 Å². The molecule has 1 heterocycles. The summed E-state index contributed by atoms with van der Waals surface area (Å²) in [5.41, 5.74) is 0. The lowest BCUT2D eigenvalue weighted by Crippen LogP contribution is -2.34. The second-order valence-corrected chi connectivity index (χ2v) is 5.77. The summed E-state index contributed by atoms with van der Waals surface area (Å²) in [4.78, 5) is 2.63. The lowest BCUT2D eigenvalue weighted by molar-refractivity contribution is 0.179. The summed E-state index contributed by atoms with van der Waals surface area (Å²) < 4.78 is 5.70. The first-order valence-corrected chi connectivity index (χ1v) is 7.75. The molecular weight excluding hydrogens is 234 g/mol. The molecule has 1 aromatic rings. The number of unbranched alkanes of at least 4 members (excludes halogenated alkanes) is 2. The fourth-order valence-electron chi connectivity index (χ4n) is 2.81. The monoisotopic (exact) mass is 261 g/mol. The lowest BCUT2D eigenvalue weighted by Gasteiger charge is -2.30. The zero-order valence-corrected chi connectivity index (χ0v) is 12.2. The number of piperidine rings is 1. The Morgan fingerprint density at radius 3 is 2.79 bits per heavy atom. The highest BCUT2D eigenvalue weighted by Crippen LogP contribution is 2.16. The van der Waals surface area contributed by atoms with Gasteiger partial charge in [-0.25, -0.2) is 0 Å². The van der Waals surface area contributed by atoms with Crippen molar-refractivity contribution in [1.82, 2.24) is 4.90 Å². The van der Waals surface area contributed by atoms with Crippen LogP contribution in [0.3, 0.4) is 0 Å². The average Bonchev–Trinajstić information content (AvgIpc) is 2.44. The van der Waals surface area contributed by atoms with E-state index in [1.165, 1.54) is 45.3 Å². The highest BCUT2D eigenvalue weighted by molar-refractivity contribution is 5.20. The Kier molecular flexibility index (Phi) is 6.22. The third-order valence-corrected chi connectivity index (χ3v) is 3.87. The molecular formula is C17H27NO. The summed E-state index contributed by atoms with van der Waals surface area (Å²) >= 11 is 0. The zero-order valence-electron chi connectivity index (χ0n) is 12.2. The summed E-state index contributed by atoms with van der Waals surface area (Å²) in [6.45, 7) is 7.11. The first-order chi connectivity index (χ1) is 9.34. The quantitative estimate of drug-likeness (QED) is 0.689. The van der Waals surface area contributed by atoms with Crippen LogP contribution in [0.1, 0.15) is 39.0 Å². The van der Waals surface area contributed by atoms with Crippen LogP contribution in [0, 0.1) is 5.92 Å². The van der Waals surface area contributed by atoms with Crippen molar-refractivity contribution in [3.63, 3.8) is 0 Å². The smallest absolute Gasteiger partial charge is 0.119 e. The number of ether oxygens (including phenoxy) is 1. The van der Waals surface area contributed by atoms with Gasteiger partial charge in [0.15, 0.2) is 0 Å². The van der Waals surface area contributed by atoms with Crippen LogP contribution in [0.25, 0.3) is 0 Å². The average molecular weight is 261 g/mol. The van der Waals surface area contributed by atoms with Crippen LogP contribution in [0.15, 0.2) is 30.3 Å². The van der Waals surface area contributed by atoms with Gasteiger partial charge in [-0.3, -0.25) is 0 Å². The maximum absolute atomic E-state index is 5.70. The molecule has 1 unspecified atom stereocenters. The third-order valence-electron chi connectivity index (χ3n) is 3.87. The lowest BCUT2D eigenvalue weighted by atomic mass is 10.00. The van der Waals surface area contributed by atoms with E-state index in [1.54, 1.807) is 0 Å². The van der Waals surface area contributed by atoms with Gasteiger partial charge in [-0.2, -0.15) is 0 Å².